The van der Waals surface area contributed by atoms with Crippen molar-refractivity contribution in [2.75, 3.05) is 14.2 Å². The quantitative estimate of drug-likeness (QED) is 0.331. The normalized spacial score (nSPS) is 16.5. The lowest BCUT2D eigenvalue weighted by Crippen LogP contribution is -2.36. The monoisotopic (exact) mass is 501 g/mol. The highest BCUT2D eigenvalue weighted by Gasteiger charge is 2.38. The number of amides is 1. The van der Waals surface area contributed by atoms with E-state index in [0.717, 1.165) is 29.7 Å². The highest BCUT2D eigenvalue weighted by atomic mass is 16.5. The molecule has 0 radical (unpaired) electrons. The molecule has 3 aromatic rings. The van der Waals surface area contributed by atoms with Gasteiger partial charge in [-0.3, -0.25) is 9.59 Å². The summed E-state index contributed by atoms with van der Waals surface area (Å²) in [5.74, 6) is 0.697. The molecule has 1 amide bonds. The van der Waals surface area contributed by atoms with Gasteiger partial charge in [0.25, 0.3) is 5.91 Å². The number of hydrogen-bond acceptors (Lipinski definition) is 4. The van der Waals surface area contributed by atoms with Gasteiger partial charge in [-0.25, -0.2) is 0 Å². The molecule has 1 atom stereocenters. The van der Waals surface area contributed by atoms with Crippen LogP contribution in [-0.2, 0) is 17.3 Å². The number of carbonyl (C=O) groups excluding carboxylic acids is 2. The van der Waals surface area contributed by atoms with E-state index in [0.29, 0.717) is 12.0 Å². The molecule has 0 N–H and O–H groups in total. The van der Waals surface area contributed by atoms with Crippen LogP contribution in [0.2, 0.25) is 0 Å². The van der Waals surface area contributed by atoms with Crippen LogP contribution in [0.3, 0.4) is 0 Å². The van der Waals surface area contributed by atoms with E-state index in [1.54, 1.807) is 31.2 Å². The van der Waals surface area contributed by atoms with Crippen LogP contribution in [0.25, 0.3) is 0 Å². The summed E-state index contributed by atoms with van der Waals surface area (Å²) in [6.07, 6.45) is 2.83. The summed E-state index contributed by atoms with van der Waals surface area (Å²) in [6, 6.07) is 15.1. The summed E-state index contributed by atoms with van der Waals surface area (Å²) < 4.78 is 11.3. The van der Waals surface area contributed by atoms with Crippen molar-refractivity contribution >= 4 is 11.7 Å². The van der Waals surface area contributed by atoms with Gasteiger partial charge in [-0.2, -0.15) is 0 Å². The van der Waals surface area contributed by atoms with Crippen LogP contribution in [0.5, 0.6) is 5.75 Å². The first-order valence-electron chi connectivity index (χ1n) is 13.0. The van der Waals surface area contributed by atoms with Crippen LogP contribution in [0.1, 0.15) is 96.4 Å². The van der Waals surface area contributed by atoms with E-state index in [9.17, 15) is 9.59 Å². The van der Waals surface area contributed by atoms with Crippen molar-refractivity contribution in [2.45, 2.75) is 77.7 Å². The van der Waals surface area contributed by atoms with Gasteiger partial charge in [0.15, 0.2) is 11.5 Å². The van der Waals surface area contributed by atoms with E-state index in [-0.39, 0.29) is 40.1 Å². The molecule has 1 aliphatic rings. The first kappa shape index (κ1) is 26.7. The molecule has 0 spiro atoms. The zero-order valence-corrected chi connectivity index (χ0v) is 23.4. The standard InChI is InChI=1S/C32H39NO4/c1-20-17-24-25(32(5,6)16-15-31(24,3)4)19-23(20)29(34)27-13-14-28(37-27)30(35)33(7)21(2)18-22-11-9-10-12-26(22)36-8/h9-14,17,19,21H,15-16,18H2,1-8H3. The smallest absolute Gasteiger partial charge is 0.289 e. The van der Waals surface area contributed by atoms with E-state index >= 15 is 0 Å². The van der Waals surface area contributed by atoms with E-state index in [4.69, 9.17) is 9.15 Å². The minimum Gasteiger partial charge on any atom is -0.496 e. The molecule has 5 heteroatoms. The van der Waals surface area contributed by atoms with Crippen molar-refractivity contribution in [3.05, 3.63) is 87.9 Å². The topological polar surface area (TPSA) is 59.8 Å². The molecule has 0 fully saturated rings. The molecule has 5 nitrogen and oxygen atoms in total. The van der Waals surface area contributed by atoms with Crippen molar-refractivity contribution in [3.8, 4) is 5.75 Å². The van der Waals surface area contributed by atoms with E-state index in [1.165, 1.54) is 11.1 Å². The number of carbonyl (C=O) groups is 2. The van der Waals surface area contributed by atoms with Crippen molar-refractivity contribution in [1.29, 1.82) is 0 Å². The van der Waals surface area contributed by atoms with Crippen molar-refractivity contribution in [3.63, 3.8) is 0 Å². The third-order valence-electron chi connectivity index (χ3n) is 8.17. The number of nitrogens with zero attached hydrogens (tertiary/aromatic N) is 1. The second kappa shape index (κ2) is 9.85. The van der Waals surface area contributed by atoms with Gasteiger partial charge >= 0.3 is 0 Å². The summed E-state index contributed by atoms with van der Waals surface area (Å²) in [5.41, 5.74) is 5.22. The van der Waals surface area contributed by atoms with Gasteiger partial charge in [-0.1, -0.05) is 52.0 Å². The number of aryl methyl sites for hydroxylation is 1. The van der Waals surface area contributed by atoms with Gasteiger partial charge in [0.1, 0.15) is 5.75 Å². The van der Waals surface area contributed by atoms with E-state index in [1.807, 2.05) is 38.1 Å². The van der Waals surface area contributed by atoms with Gasteiger partial charge in [0, 0.05) is 18.7 Å². The van der Waals surface area contributed by atoms with Crippen molar-refractivity contribution in [2.24, 2.45) is 0 Å². The SMILES string of the molecule is COc1ccccc1CC(C)N(C)C(=O)c1ccc(C(=O)c2cc3c(cc2C)C(C)(C)CCC3(C)C)o1. The Bertz CT molecular complexity index is 1330. The van der Waals surface area contributed by atoms with Gasteiger partial charge in [0.05, 0.1) is 7.11 Å². The molecule has 37 heavy (non-hydrogen) atoms. The lowest BCUT2D eigenvalue weighted by atomic mass is 9.62. The largest absolute Gasteiger partial charge is 0.496 e. The molecule has 4 rings (SSSR count). The van der Waals surface area contributed by atoms with Gasteiger partial charge < -0.3 is 14.1 Å². The number of rotatable bonds is 7. The fourth-order valence-corrected chi connectivity index (χ4v) is 5.38. The third kappa shape index (κ3) is 5.09. The molecule has 0 saturated carbocycles. The maximum Gasteiger partial charge on any atom is 0.289 e. The Balaban J connectivity index is 1.56. The number of methoxy groups -OCH3 is 1. The van der Waals surface area contributed by atoms with Crippen LogP contribution in [-0.4, -0.2) is 36.8 Å². The molecular formula is C32H39NO4. The Morgan fingerprint density at radius 2 is 1.57 bits per heavy atom. The van der Waals surface area contributed by atoms with Gasteiger partial charge in [0.2, 0.25) is 5.78 Å². The Labute approximate surface area is 220 Å². The Morgan fingerprint density at radius 1 is 0.973 bits per heavy atom. The fourth-order valence-electron chi connectivity index (χ4n) is 5.38. The second-order valence-corrected chi connectivity index (χ2v) is 11.8. The van der Waals surface area contributed by atoms with Crippen LogP contribution < -0.4 is 4.74 Å². The number of ketones is 1. The molecule has 1 aromatic heterocycles. The van der Waals surface area contributed by atoms with Crippen LogP contribution >= 0.6 is 0 Å². The van der Waals surface area contributed by atoms with E-state index in [2.05, 4.69) is 39.8 Å². The lowest BCUT2D eigenvalue weighted by molar-refractivity contribution is 0.0708. The van der Waals surface area contributed by atoms with Crippen molar-refractivity contribution < 1.29 is 18.7 Å². The zero-order valence-electron chi connectivity index (χ0n) is 23.4. The number of hydrogen-bond donors (Lipinski definition) is 0. The lowest BCUT2D eigenvalue weighted by Gasteiger charge is -2.42. The summed E-state index contributed by atoms with van der Waals surface area (Å²) in [4.78, 5) is 28.4. The molecule has 1 heterocycles. The summed E-state index contributed by atoms with van der Waals surface area (Å²) in [7, 11) is 3.40. The molecule has 0 bridgehead atoms. The summed E-state index contributed by atoms with van der Waals surface area (Å²) in [6.45, 7) is 13.0. The number of fused-ring (bicyclic) bond motifs is 1. The first-order valence-corrected chi connectivity index (χ1v) is 13.0. The molecular weight excluding hydrogens is 462 g/mol. The maximum atomic E-state index is 13.5. The minimum atomic E-state index is -0.258. The van der Waals surface area contributed by atoms with Crippen LogP contribution in [0.4, 0.5) is 0 Å². The zero-order chi connectivity index (χ0) is 27.1. The van der Waals surface area contributed by atoms with E-state index < -0.39 is 0 Å². The predicted molar refractivity (Wildman–Crippen MR) is 147 cm³/mol. The number of benzene rings is 2. The first-order chi connectivity index (χ1) is 17.4. The average molecular weight is 502 g/mol. The fraction of sp³-hybridized carbons (Fsp3) is 0.438. The van der Waals surface area contributed by atoms with Gasteiger partial charge in [-0.15, -0.1) is 0 Å². The molecule has 2 aromatic carbocycles. The number of likely N-dealkylation sites (N-methyl/N-ethyl adjacent to an activating group) is 1. The minimum absolute atomic E-state index is 0.00183. The molecule has 1 aliphatic carbocycles. The predicted octanol–water partition coefficient (Wildman–Crippen LogP) is 6.88. The third-order valence-corrected chi connectivity index (χ3v) is 8.17. The molecule has 0 aliphatic heterocycles. The van der Waals surface area contributed by atoms with Crippen LogP contribution in [0, 0.1) is 6.92 Å². The average Bonchev–Trinajstić information content (AvgIpc) is 3.36. The van der Waals surface area contributed by atoms with Crippen molar-refractivity contribution in [1.82, 2.24) is 4.90 Å². The number of para-hydroxylation sites is 1. The Kier molecular flexibility index (Phi) is 7.11. The summed E-state index contributed by atoms with van der Waals surface area (Å²) in [5, 5.41) is 0. The second-order valence-electron chi connectivity index (χ2n) is 11.8. The highest BCUT2D eigenvalue weighted by molar-refractivity contribution is 6.09. The van der Waals surface area contributed by atoms with Gasteiger partial charge in [-0.05, 0) is 90.5 Å². The maximum absolute atomic E-state index is 13.5. The Hall–Kier alpha value is -3.34. The molecule has 1 unspecified atom stereocenters. The molecule has 0 saturated heterocycles. The Morgan fingerprint density at radius 3 is 2.22 bits per heavy atom. The highest BCUT2D eigenvalue weighted by Crippen LogP contribution is 2.46. The molecule has 196 valence electrons. The number of furan rings is 1. The number of ether oxygens (including phenoxy) is 1. The summed E-state index contributed by atoms with van der Waals surface area (Å²) >= 11 is 0. The van der Waals surface area contributed by atoms with Crippen LogP contribution in [0.15, 0.2) is 52.9 Å².